The highest BCUT2D eigenvalue weighted by atomic mass is 16.5. The van der Waals surface area contributed by atoms with Crippen molar-refractivity contribution < 1.29 is 14.3 Å². The van der Waals surface area contributed by atoms with Crippen LogP contribution in [0.5, 0.6) is 0 Å². The number of esters is 1. The molecule has 1 rings (SSSR count). The molecule has 20 heavy (non-hydrogen) atoms. The number of hydrogen-bond donors (Lipinski definition) is 2. The Morgan fingerprint density at radius 3 is 2.60 bits per heavy atom. The predicted octanol–water partition coefficient (Wildman–Crippen LogP) is 1.02. The third-order valence-electron chi connectivity index (χ3n) is 2.68. The highest BCUT2D eigenvalue weighted by Crippen LogP contribution is 2.22. The van der Waals surface area contributed by atoms with Gasteiger partial charge in [0, 0.05) is 20.6 Å². The minimum absolute atomic E-state index is 0.0556. The SMILES string of the molecule is CCNC(=O)CCOC(=O)c1ccc(N(C)C)c(N)c1. The molecule has 0 aliphatic carbocycles. The van der Waals surface area contributed by atoms with Gasteiger partial charge in [-0.1, -0.05) is 0 Å². The van der Waals surface area contributed by atoms with E-state index in [0.717, 1.165) is 5.69 Å². The van der Waals surface area contributed by atoms with E-state index in [4.69, 9.17) is 10.5 Å². The fourth-order valence-electron chi connectivity index (χ4n) is 1.69. The molecule has 1 aromatic carbocycles. The fourth-order valence-corrected chi connectivity index (χ4v) is 1.69. The number of nitrogen functional groups attached to an aromatic ring is 1. The van der Waals surface area contributed by atoms with Gasteiger partial charge in [-0.2, -0.15) is 0 Å². The average Bonchev–Trinajstić information content (AvgIpc) is 2.38. The minimum atomic E-state index is -0.480. The van der Waals surface area contributed by atoms with Crippen LogP contribution in [-0.4, -0.2) is 39.1 Å². The molecule has 1 amide bonds. The van der Waals surface area contributed by atoms with Crippen LogP contribution < -0.4 is 16.0 Å². The molecular formula is C14H21N3O3. The van der Waals surface area contributed by atoms with Gasteiger partial charge in [0.1, 0.15) is 6.61 Å². The third-order valence-corrected chi connectivity index (χ3v) is 2.68. The molecule has 0 aliphatic heterocycles. The van der Waals surface area contributed by atoms with Crippen molar-refractivity contribution in [3.63, 3.8) is 0 Å². The van der Waals surface area contributed by atoms with Crippen molar-refractivity contribution in [1.29, 1.82) is 0 Å². The molecule has 0 saturated carbocycles. The number of nitrogens with one attached hydrogen (secondary N) is 1. The lowest BCUT2D eigenvalue weighted by Gasteiger charge is -2.15. The Hall–Kier alpha value is -2.24. The number of carbonyl (C=O) groups is 2. The zero-order valence-corrected chi connectivity index (χ0v) is 12.1. The number of carbonyl (C=O) groups excluding carboxylic acids is 2. The van der Waals surface area contributed by atoms with Gasteiger partial charge in [-0.25, -0.2) is 4.79 Å². The number of nitrogens with two attached hydrogens (primary N) is 1. The molecule has 0 unspecified atom stereocenters. The van der Waals surface area contributed by atoms with Crippen LogP contribution in [0.1, 0.15) is 23.7 Å². The van der Waals surface area contributed by atoms with Crippen LogP contribution in [0.25, 0.3) is 0 Å². The van der Waals surface area contributed by atoms with E-state index in [2.05, 4.69) is 5.32 Å². The summed E-state index contributed by atoms with van der Waals surface area (Å²) in [7, 11) is 3.74. The first-order valence-electron chi connectivity index (χ1n) is 6.46. The van der Waals surface area contributed by atoms with Gasteiger partial charge in [-0.3, -0.25) is 4.79 Å². The van der Waals surface area contributed by atoms with Crippen LogP contribution in [0.4, 0.5) is 11.4 Å². The van der Waals surface area contributed by atoms with E-state index in [9.17, 15) is 9.59 Å². The number of nitrogens with zero attached hydrogens (tertiary/aromatic N) is 1. The second-order valence-electron chi connectivity index (χ2n) is 4.51. The van der Waals surface area contributed by atoms with Crippen LogP contribution in [0.15, 0.2) is 18.2 Å². The van der Waals surface area contributed by atoms with Crippen LogP contribution in [0, 0.1) is 0 Å². The zero-order chi connectivity index (χ0) is 15.1. The molecule has 1 aromatic rings. The van der Waals surface area contributed by atoms with E-state index in [1.54, 1.807) is 18.2 Å². The largest absolute Gasteiger partial charge is 0.462 e. The molecule has 0 spiro atoms. The Morgan fingerprint density at radius 2 is 2.05 bits per heavy atom. The van der Waals surface area contributed by atoms with E-state index in [0.29, 0.717) is 17.8 Å². The summed E-state index contributed by atoms with van der Waals surface area (Å²) in [5, 5.41) is 2.63. The summed E-state index contributed by atoms with van der Waals surface area (Å²) in [5.41, 5.74) is 7.59. The first-order valence-corrected chi connectivity index (χ1v) is 6.46. The molecule has 0 heterocycles. The Balaban J connectivity index is 2.56. The summed E-state index contributed by atoms with van der Waals surface area (Å²) in [4.78, 5) is 24.9. The molecule has 0 saturated heterocycles. The maximum absolute atomic E-state index is 11.8. The topological polar surface area (TPSA) is 84.7 Å². The van der Waals surface area contributed by atoms with Gasteiger partial charge in [0.25, 0.3) is 0 Å². The molecule has 6 nitrogen and oxygen atoms in total. The molecule has 6 heteroatoms. The summed E-state index contributed by atoms with van der Waals surface area (Å²) in [6, 6.07) is 4.99. The first kappa shape index (κ1) is 15.8. The first-order chi connectivity index (χ1) is 9.45. The average molecular weight is 279 g/mol. The van der Waals surface area contributed by atoms with E-state index in [1.165, 1.54) is 0 Å². The lowest BCUT2D eigenvalue weighted by atomic mass is 10.1. The summed E-state index contributed by atoms with van der Waals surface area (Å²) in [5.74, 6) is -0.617. The molecule has 0 bridgehead atoms. The van der Waals surface area contributed by atoms with Gasteiger partial charge in [-0.15, -0.1) is 0 Å². The number of ether oxygens (including phenoxy) is 1. The molecule has 0 atom stereocenters. The summed E-state index contributed by atoms with van der Waals surface area (Å²) in [6.45, 7) is 2.45. The summed E-state index contributed by atoms with van der Waals surface area (Å²) in [6.07, 6.45) is 0.158. The van der Waals surface area contributed by atoms with Crippen LogP contribution in [0.2, 0.25) is 0 Å². The normalized spacial score (nSPS) is 9.95. The fraction of sp³-hybridized carbons (Fsp3) is 0.429. The second kappa shape index (κ2) is 7.37. The number of anilines is 2. The van der Waals surface area contributed by atoms with E-state index < -0.39 is 5.97 Å². The third kappa shape index (κ3) is 4.46. The van der Waals surface area contributed by atoms with Crippen molar-refractivity contribution in [2.24, 2.45) is 0 Å². The second-order valence-corrected chi connectivity index (χ2v) is 4.51. The molecule has 110 valence electrons. The standard InChI is InChI=1S/C14H21N3O3/c1-4-16-13(18)7-8-20-14(19)10-5-6-12(17(2)3)11(15)9-10/h5-6,9H,4,7-8,15H2,1-3H3,(H,16,18). The monoisotopic (exact) mass is 279 g/mol. The van der Waals surface area contributed by atoms with Crippen molar-refractivity contribution in [3.05, 3.63) is 23.8 Å². The van der Waals surface area contributed by atoms with Crippen molar-refractivity contribution in [2.75, 3.05) is 37.9 Å². The van der Waals surface area contributed by atoms with E-state index in [1.807, 2.05) is 25.9 Å². The van der Waals surface area contributed by atoms with Crippen molar-refractivity contribution in [2.45, 2.75) is 13.3 Å². The Kier molecular flexibility index (Phi) is 5.83. The van der Waals surface area contributed by atoms with Gasteiger partial charge < -0.3 is 20.7 Å². The Labute approximate surface area is 118 Å². The molecule has 0 fully saturated rings. The van der Waals surface area contributed by atoms with Crippen LogP contribution in [-0.2, 0) is 9.53 Å². The van der Waals surface area contributed by atoms with Gasteiger partial charge in [0.05, 0.1) is 23.4 Å². The van der Waals surface area contributed by atoms with Crippen molar-refractivity contribution >= 4 is 23.3 Å². The van der Waals surface area contributed by atoms with E-state index >= 15 is 0 Å². The maximum atomic E-state index is 11.8. The number of amides is 1. The van der Waals surface area contributed by atoms with Crippen molar-refractivity contribution in [3.8, 4) is 0 Å². The Bertz CT molecular complexity index is 487. The van der Waals surface area contributed by atoms with Gasteiger partial charge >= 0.3 is 5.97 Å². The smallest absolute Gasteiger partial charge is 0.338 e. The lowest BCUT2D eigenvalue weighted by molar-refractivity contribution is -0.121. The molecular weight excluding hydrogens is 258 g/mol. The van der Waals surface area contributed by atoms with Crippen LogP contribution in [0.3, 0.4) is 0 Å². The lowest BCUT2D eigenvalue weighted by Crippen LogP contribution is -2.24. The molecule has 0 aromatic heterocycles. The molecule has 3 N–H and O–H groups in total. The van der Waals surface area contributed by atoms with Gasteiger partial charge in [0.2, 0.25) is 5.91 Å². The molecule has 0 radical (unpaired) electrons. The number of benzene rings is 1. The minimum Gasteiger partial charge on any atom is -0.462 e. The van der Waals surface area contributed by atoms with E-state index in [-0.39, 0.29) is 18.9 Å². The number of rotatable bonds is 6. The summed E-state index contributed by atoms with van der Waals surface area (Å²) >= 11 is 0. The quantitative estimate of drug-likeness (QED) is 0.600. The molecule has 0 aliphatic rings. The number of hydrogen-bond acceptors (Lipinski definition) is 5. The van der Waals surface area contributed by atoms with Gasteiger partial charge in [0.15, 0.2) is 0 Å². The van der Waals surface area contributed by atoms with Crippen molar-refractivity contribution in [1.82, 2.24) is 5.32 Å². The maximum Gasteiger partial charge on any atom is 0.338 e. The zero-order valence-electron chi connectivity index (χ0n) is 12.1. The predicted molar refractivity (Wildman–Crippen MR) is 78.8 cm³/mol. The summed E-state index contributed by atoms with van der Waals surface area (Å²) < 4.78 is 5.03. The Morgan fingerprint density at radius 1 is 1.35 bits per heavy atom. The van der Waals surface area contributed by atoms with Gasteiger partial charge in [-0.05, 0) is 25.1 Å². The highest BCUT2D eigenvalue weighted by molar-refractivity contribution is 5.92. The highest BCUT2D eigenvalue weighted by Gasteiger charge is 2.11. The van der Waals surface area contributed by atoms with Crippen LogP contribution >= 0.6 is 0 Å².